The van der Waals surface area contributed by atoms with Crippen LogP contribution in [0.1, 0.15) is 20.7 Å². The minimum Gasteiger partial charge on any atom is -0.419 e. The second-order valence-corrected chi connectivity index (χ2v) is 6.94. The molecule has 0 aliphatic carbocycles. The van der Waals surface area contributed by atoms with E-state index in [2.05, 4.69) is 0 Å². The van der Waals surface area contributed by atoms with Crippen molar-refractivity contribution in [2.45, 2.75) is 0 Å². The van der Waals surface area contributed by atoms with Crippen molar-refractivity contribution in [1.29, 1.82) is 0 Å². The lowest BCUT2D eigenvalue weighted by atomic mass is 10.1. The lowest BCUT2D eigenvalue weighted by Crippen LogP contribution is -2.15. The molecular weight excluding hydrogens is 444 g/mol. The molecule has 0 aliphatic heterocycles. The second kappa shape index (κ2) is 9.17. The monoisotopic (exact) mass is 458 g/mol. The Morgan fingerprint density at radius 2 is 1.12 bits per heavy atom. The van der Waals surface area contributed by atoms with Crippen molar-refractivity contribution < 1.29 is 28.9 Å². The molecule has 168 valence electrons. The van der Waals surface area contributed by atoms with E-state index in [-0.39, 0.29) is 22.6 Å². The minimum absolute atomic E-state index is 0.159. The molecule has 0 atom stereocenters. The molecule has 0 heterocycles. The number of hydrogen-bond donors (Lipinski definition) is 0. The number of fused-ring (bicyclic) bond motifs is 1. The molecule has 0 fully saturated rings. The number of benzene rings is 4. The van der Waals surface area contributed by atoms with Crippen molar-refractivity contribution in [3.8, 4) is 11.5 Å². The van der Waals surface area contributed by atoms with E-state index in [0.29, 0.717) is 10.8 Å². The number of nitrogens with zero attached hydrogens (tertiary/aromatic N) is 2. The van der Waals surface area contributed by atoms with Crippen molar-refractivity contribution in [2.75, 3.05) is 0 Å². The van der Waals surface area contributed by atoms with E-state index in [1.165, 1.54) is 42.5 Å². The van der Waals surface area contributed by atoms with E-state index in [4.69, 9.17) is 9.47 Å². The van der Waals surface area contributed by atoms with Crippen molar-refractivity contribution in [3.05, 3.63) is 116 Å². The molecule has 0 saturated heterocycles. The Morgan fingerprint density at radius 1 is 0.618 bits per heavy atom. The zero-order valence-electron chi connectivity index (χ0n) is 17.2. The first-order valence-corrected chi connectivity index (χ1v) is 9.79. The molecule has 0 radical (unpaired) electrons. The van der Waals surface area contributed by atoms with Crippen LogP contribution in [0.25, 0.3) is 10.8 Å². The highest BCUT2D eigenvalue weighted by molar-refractivity contribution is 6.01. The van der Waals surface area contributed by atoms with E-state index in [0.717, 1.165) is 12.1 Å². The highest BCUT2D eigenvalue weighted by Gasteiger charge is 2.26. The minimum atomic E-state index is -1.04. The van der Waals surface area contributed by atoms with Gasteiger partial charge in [-0.25, -0.2) is 9.59 Å². The van der Waals surface area contributed by atoms with Gasteiger partial charge in [-0.3, -0.25) is 20.2 Å². The zero-order chi connectivity index (χ0) is 24.2. The summed E-state index contributed by atoms with van der Waals surface area (Å²) in [5.41, 5.74) is -1.49. The number of para-hydroxylation sites is 2. The summed E-state index contributed by atoms with van der Waals surface area (Å²) in [4.78, 5) is 46.8. The molecule has 4 rings (SSSR count). The lowest BCUT2D eigenvalue weighted by Gasteiger charge is -2.13. The third-order valence-corrected chi connectivity index (χ3v) is 4.88. The number of nitro groups is 2. The molecule has 0 saturated carbocycles. The van der Waals surface area contributed by atoms with Gasteiger partial charge in [0.15, 0.2) is 11.5 Å². The summed E-state index contributed by atoms with van der Waals surface area (Å²) in [6.07, 6.45) is 0. The average molecular weight is 458 g/mol. The fourth-order valence-electron chi connectivity index (χ4n) is 3.32. The number of rotatable bonds is 6. The van der Waals surface area contributed by atoms with E-state index in [9.17, 15) is 29.8 Å². The van der Waals surface area contributed by atoms with Crippen LogP contribution in [-0.4, -0.2) is 21.8 Å². The Hall–Kier alpha value is -5.12. The summed E-state index contributed by atoms with van der Waals surface area (Å²) in [5, 5.41) is 23.6. The van der Waals surface area contributed by atoms with Crippen LogP contribution in [0.3, 0.4) is 0 Å². The van der Waals surface area contributed by atoms with Crippen molar-refractivity contribution in [3.63, 3.8) is 0 Å². The molecule has 0 unspecified atom stereocenters. The average Bonchev–Trinajstić information content (AvgIpc) is 2.85. The van der Waals surface area contributed by atoms with Crippen LogP contribution in [0, 0.1) is 20.2 Å². The van der Waals surface area contributed by atoms with Crippen molar-refractivity contribution in [2.24, 2.45) is 0 Å². The Bertz CT molecular complexity index is 1460. The number of ether oxygens (including phenoxy) is 2. The summed E-state index contributed by atoms with van der Waals surface area (Å²) in [5.74, 6) is -2.42. The highest BCUT2D eigenvalue weighted by atomic mass is 16.6. The number of carbonyl (C=O) groups excluding carboxylic acids is 2. The van der Waals surface area contributed by atoms with Gasteiger partial charge in [-0.15, -0.1) is 0 Å². The molecule has 34 heavy (non-hydrogen) atoms. The van der Waals surface area contributed by atoms with E-state index < -0.39 is 33.2 Å². The molecule has 10 heteroatoms. The molecule has 0 spiro atoms. The van der Waals surface area contributed by atoms with Gasteiger partial charge in [-0.1, -0.05) is 54.6 Å². The first kappa shape index (κ1) is 22.1. The fraction of sp³-hybridized carbons (Fsp3) is 0. The predicted molar refractivity (Wildman–Crippen MR) is 120 cm³/mol. The summed E-state index contributed by atoms with van der Waals surface area (Å²) >= 11 is 0. The van der Waals surface area contributed by atoms with Gasteiger partial charge in [-0.2, -0.15) is 0 Å². The Morgan fingerprint density at radius 3 is 1.71 bits per heavy atom. The molecule has 0 aromatic heterocycles. The topological polar surface area (TPSA) is 139 Å². The summed E-state index contributed by atoms with van der Waals surface area (Å²) in [6, 6.07) is 20.2. The van der Waals surface area contributed by atoms with Gasteiger partial charge < -0.3 is 9.47 Å². The Labute approximate surface area is 191 Å². The van der Waals surface area contributed by atoms with Gasteiger partial charge in [0.05, 0.1) is 9.85 Å². The maximum absolute atomic E-state index is 12.9. The number of hydrogen-bond acceptors (Lipinski definition) is 8. The molecule has 10 nitrogen and oxygen atoms in total. The van der Waals surface area contributed by atoms with E-state index >= 15 is 0 Å². The maximum atomic E-state index is 12.9. The first-order valence-electron chi connectivity index (χ1n) is 9.79. The van der Waals surface area contributed by atoms with Crippen LogP contribution >= 0.6 is 0 Å². The standard InChI is InChI=1S/C24H14N2O8/c27-23(17-9-3-5-11-19(17)25(29)30)33-21-14-13-15-7-1-2-8-16(15)22(21)34-24(28)18-10-4-6-12-20(18)26(31)32/h1-14H. The molecule has 4 aromatic carbocycles. The van der Waals surface area contributed by atoms with Gasteiger partial charge in [0.25, 0.3) is 11.4 Å². The SMILES string of the molecule is O=C(Oc1ccc2ccccc2c1OC(=O)c1ccccc1[N+](=O)[O-])c1ccccc1[N+](=O)[O-]. The molecular formula is C24H14N2O8. The Balaban J connectivity index is 1.77. The van der Waals surface area contributed by atoms with Gasteiger partial charge >= 0.3 is 11.9 Å². The summed E-state index contributed by atoms with van der Waals surface area (Å²) < 4.78 is 10.9. The van der Waals surface area contributed by atoms with Crippen LogP contribution in [0.2, 0.25) is 0 Å². The second-order valence-electron chi connectivity index (χ2n) is 6.94. The van der Waals surface area contributed by atoms with Crippen LogP contribution in [0.5, 0.6) is 11.5 Å². The quantitative estimate of drug-likeness (QED) is 0.168. The number of esters is 2. The Kier molecular flexibility index (Phi) is 5.95. The van der Waals surface area contributed by atoms with Crippen molar-refractivity contribution in [1.82, 2.24) is 0 Å². The molecule has 0 N–H and O–H groups in total. The first-order chi connectivity index (χ1) is 16.4. The zero-order valence-corrected chi connectivity index (χ0v) is 17.2. The predicted octanol–water partition coefficient (Wildman–Crippen LogP) is 5.09. The largest absolute Gasteiger partial charge is 0.419 e. The van der Waals surface area contributed by atoms with E-state index in [1.54, 1.807) is 30.3 Å². The van der Waals surface area contributed by atoms with Crippen molar-refractivity contribution >= 4 is 34.1 Å². The fourth-order valence-corrected chi connectivity index (χ4v) is 3.32. The van der Waals surface area contributed by atoms with Crippen LogP contribution in [0.15, 0.2) is 84.9 Å². The smallest absolute Gasteiger partial charge is 0.350 e. The van der Waals surface area contributed by atoms with E-state index in [1.807, 2.05) is 0 Å². The molecule has 0 bridgehead atoms. The van der Waals surface area contributed by atoms with Crippen LogP contribution < -0.4 is 9.47 Å². The normalized spacial score (nSPS) is 10.5. The third-order valence-electron chi connectivity index (χ3n) is 4.88. The van der Waals surface area contributed by atoms with Gasteiger partial charge in [-0.05, 0) is 23.6 Å². The molecule has 4 aromatic rings. The highest BCUT2D eigenvalue weighted by Crippen LogP contribution is 2.37. The maximum Gasteiger partial charge on any atom is 0.350 e. The van der Waals surface area contributed by atoms with Gasteiger partial charge in [0, 0.05) is 17.5 Å². The summed E-state index contributed by atoms with van der Waals surface area (Å²) in [7, 11) is 0. The third kappa shape index (κ3) is 4.28. The molecule has 0 aliphatic rings. The molecule has 0 amide bonds. The van der Waals surface area contributed by atoms with Gasteiger partial charge in [0.2, 0.25) is 0 Å². The summed E-state index contributed by atoms with van der Waals surface area (Å²) in [6.45, 7) is 0. The van der Waals surface area contributed by atoms with Crippen LogP contribution in [0.4, 0.5) is 11.4 Å². The number of carbonyl (C=O) groups is 2. The van der Waals surface area contributed by atoms with Gasteiger partial charge in [0.1, 0.15) is 11.1 Å². The lowest BCUT2D eigenvalue weighted by molar-refractivity contribution is -0.385. The number of nitro benzene ring substituents is 2. The van der Waals surface area contributed by atoms with Crippen LogP contribution in [-0.2, 0) is 0 Å².